The van der Waals surface area contributed by atoms with Crippen LogP contribution in [0.3, 0.4) is 0 Å². The van der Waals surface area contributed by atoms with E-state index in [2.05, 4.69) is 10.9 Å². The summed E-state index contributed by atoms with van der Waals surface area (Å²) in [5, 5.41) is 11.1. The summed E-state index contributed by atoms with van der Waals surface area (Å²) in [5.41, 5.74) is 0.0570. The molecule has 1 N–H and O–H groups in total. The van der Waals surface area contributed by atoms with Crippen LogP contribution in [0.4, 0.5) is 5.82 Å². The van der Waals surface area contributed by atoms with Crippen molar-refractivity contribution in [2.45, 2.75) is 12.8 Å². The molecular formula is C17H16N2O2. The molecule has 1 heterocycles. The predicted molar refractivity (Wildman–Crippen MR) is 82.5 cm³/mol. The van der Waals surface area contributed by atoms with Crippen molar-refractivity contribution in [3.8, 4) is 12.3 Å². The van der Waals surface area contributed by atoms with Gasteiger partial charge in [-0.25, -0.2) is 9.78 Å². The van der Waals surface area contributed by atoms with Crippen LogP contribution in [0.1, 0.15) is 23.3 Å². The van der Waals surface area contributed by atoms with Gasteiger partial charge in [0, 0.05) is 11.9 Å². The van der Waals surface area contributed by atoms with E-state index in [-0.39, 0.29) is 5.69 Å². The van der Waals surface area contributed by atoms with Crippen LogP contribution in [-0.4, -0.2) is 29.1 Å². The fraction of sp³-hybridized carbons (Fsp3) is 0.294. The van der Waals surface area contributed by atoms with Gasteiger partial charge in [-0.1, -0.05) is 30.2 Å². The molecule has 0 saturated heterocycles. The highest BCUT2D eigenvalue weighted by molar-refractivity contribution is 5.98. The number of nitrogens with zero attached hydrogens (tertiary/aromatic N) is 2. The van der Waals surface area contributed by atoms with Crippen LogP contribution in [0.15, 0.2) is 30.3 Å². The summed E-state index contributed by atoms with van der Waals surface area (Å²) >= 11 is 0. The number of aromatic carboxylic acids is 1. The minimum atomic E-state index is -1.02. The first-order valence-corrected chi connectivity index (χ1v) is 7.00. The molecule has 4 heteroatoms. The first-order valence-electron chi connectivity index (χ1n) is 7.00. The van der Waals surface area contributed by atoms with E-state index in [0.29, 0.717) is 18.3 Å². The molecule has 4 nitrogen and oxygen atoms in total. The number of pyridine rings is 1. The smallest absolute Gasteiger partial charge is 0.354 e. The number of carboxylic acid groups (broad SMARTS) is 1. The van der Waals surface area contributed by atoms with Crippen LogP contribution >= 0.6 is 0 Å². The zero-order chi connectivity index (χ0) is 14.8. The topological polar surface area (TPSA) is 53.4 Å². The van der Waals surface area contributed by atoms with Gasteiger partial charge in [-0.3, -0.25) is 0 Å². The van der Waals surface area contributed by atoms with Gasteiger partial charge in [0.25, 0.3) is 0 Å². The zero-order valence-corrected chi connectivity index (χ0v) is 11.6. The number of aromatic nitrogens is 1. The fourth-order valence-electron chi connectivity index (χ4n) is 2.48. The molecule has 0 aliphatic heterocycles. The molecule has 106 valence electrons. The molecule has 0 amide bonds. The predicted octanol–water partition coefficient (Wildman–Crippen LogP) is 2.78. The molecule has 1 aromatic heterocycles. The van der Waals surface area contributed by atoms with E-state index in [9.17, 15) is 9.90 Å². The van der Waals surface area contributed by atoms with E-state index in [4.69, 9.17) is 6.42 Å². The van der Waals surface area contributed by atoms with Crippen molar-refractivity contribution in [2.24, 2.45) is 5.92 Å². The van der Waals surface area contributed by atoms with Gasteiger partial charge in [-0.05, 0) is 30.2 Å². The average molecular weight is 280 g/mol. The number of rotatable bonds is 5. The van der Waals surface area contributed by atoms with Gasteiger partial charge in [0.15, 0.2) is 5.69 Å². The largest absolute Gasteiger partial charge is 0.477 e. The lowest BCUT2D eigenvalue weighted by Gasteiger charge is -2.23. The molecule has 1 aromatic carbocycles. The minimum Gasteiger partial charge on any atom is -0.477 e. The molecule has 21 heavy (non-hydrogen) atoms. The Bertz CT molecular complexity index is 729. The lowest BCUT2D eigenvalue weighted by Crippen LogP contribution is -2.27. The zero-order valence-electron chi connectivity index (χ0n) is 11.6. The van der Waals surface area contributed by atoms with E-state index >= 15 is 0 Å². The van der Waals surface area contributed by atoms with Crippen molar-refractivity contribution in [3.63, 3.8) is 0 Å². The minimum absolute atomic E-state index is 0.0570. The third-order valence-corrected chi connectivity index (χ3v) is 3.70. The number of hydrogen-bond acceptors (Lipinski definition) is 3. The van der Waals surface area contributed by atoms with E-state index in [1.807, 2.05) is 29.2 Å². The molecule has 0 unspecified atom stereocenters. The number of carbonyl (C=O) groups is 1. The van der Waals surface area contributed by atoms with Crippen molar-refractivity contribution in [1.82, 2.24) is 4.98 Å². The quantitative estimate of drug-likeness (QED) is 0.856. The maximum atomic E-state index is 11.3. The molecule has 1 fully saturated rings. The maximum Gasteiger partial charge on any atom is 0.354 e. The SMILES string of the molecule is C#CCN(CC1CC1)c1nc(C(=O)O)cc2ccccc12. The van der Waals surface area contributed by atoms with E-state index in [1.165, 1.54) is 12.8 Å². The Hall–Kier alpha value is -2.54. The van der Waals surface area contributed by atoms with Crippen LogP contribution in [0, 0.1) is 18.3 Å². The normalized spacial score (nSPS) is 13.9. The van der Waals surface area contributed by atoms with Crippen molar-refractivity contribution in [3.05, 3.63) is 36.0 Å². The van der Waals surface area contributed by atoms with Crippen LogP contribution in [0.25, 0.3) is 10.8 Å². The Labute approximate surface area is 123 Å². The molecule has 1 aliphatic carbocycles. The van der Waals surface area contributed by atoms with Gasteiger partial charge < -0.3 is 10.0 Å². The number of benzene rings is 1. The average Bonchev–Trinajstić information content (AvgIpc) is 3.29. The molecule has 3 rings (SSSR count). The number of carboxylic acids is 1. The Kier molecular flexibility index (Phi) is 3.49. The molecule has 0 atom stereocenters. The summed E-state index contributed by atoms with van der Waals surface area (Å²) in [5.74, 6) is 2.95. The lowest BCUT2D eigenvalue weighted by atomic mass is 10.1. The second kappa shape index (κ2) is 5.45. The van der Waals surface area contributed by atoms with Crippen molar-refractivity contribution in [1.29, 1.82) is 0 Å². The van der Waals surface area contributed by atoms with E-state index in [0.717, 1.165) is 17.3 Å². The Morgan fingerprint density at radius 3 is 2.86 bits per heavy atom. The first-order chi connectivity index (χ1) is 10.2. The van der Waals surface area contributed by atoms with Gasteiger partial charge in [0.1, 0.15) is 5.82 Å². The Balaban J connectivity index is 2.12. The highest BCUT2D eigenvalue weighted by Crippen LogP contribution is 2.33. The summed E-state index contributed by atoms with van der Waals surface area (Å²) in [7, 11) is 0. The highest BCUT2D eigenvalue weighted by atomic mass is 16.4. The number of fused-ring (bicyclic) bond motifs is 1. The van der Waals surface area contributed by atoms with Gasteiger partial charge in [-0.2, -0.15) is 0 Å². The van der Waals surface area contributed by atoms with Gasteiger partial charge in [0.2, 0.25) is 0 Å². The van der Waals surface area contributed by atoms with Gasteiger partial charge >= 0.3 is 5.97 Å². The first kappa shape index (κ1) is 13.4. The molecule has 2 aromatic rings. The second-order valence-corrected chi connectivity index (χ2v) is 5.39. The van der Waals surface area contributed by atoms with Crippen molar-refractivity contribution in [2.75, 3.05) is 18.0 Å². The third-order valence-electron chi connectivity index (χ3n) is 3.70. The Morgan fingerprint density at radius 2 is 2.19 bits per heavy atom. The van der Waals surface area contributed by atoms with Crippen LogP contribution in [0.5, 0.6) is 0 Å². The number of hydrogen-bond donors (Lipinski definition) is 1. The van der Waals surface area contributed by atoms with Crippen LogP contribution in [-0.2, 0) is 0 Å². The molecule has 1 saturated carbocycles. The summed E-state index contributed by atoms with van der Waals surface area (Å²) in [4.78, 5) is 17.6. The standard InChI is InChI=1S/C17H16N2O2/c1-2-9-19(11-12-7-8-12)16-14-6-4-3-5-13(14)10-15(18-16)17(20)21/h1,3-6,10,12H,7-9,11H2,(H,20,21). The summed E-state index contributed by atoms with van der Waals surface area (Å²) in [6, 6.07) is 9.29. The van der Waals surface area contributed by atoms with Gasteiger partial charge in [-0.15, -0.1) is 6.42 Å². The summed E-state index contributed by atoms with van der Waals surface area (Å²) in [6.45, 7) is 1.28. The number of anilines is 1. The molecule has 0 spiro atoms. The Morgan fingerprint density at radius 1 is 1.43 bits per heavy atom. The molecule has 0 radical (unpaired) electrons. The maximum absolute atomic E-state index is 11.3. The second-order valence-electron chi connectivity index (χ2n) is 5.39. The highest BCUT2D eigenvalue weighted by Gasteiger charge is 2.26. The number of terminal acetylenes is 1. The summed E-state index contributed by atoms with van der Waals surface area (Å²) in [6.07, 6.45) is 7.88. The monoisotopic (exact) mass is 280 g/mol. The molecule has 1 aliphatic rings. The van der Waals surface area contributed by atoms with Crippen molar-refractivity contribution < 1.29 is 9.90 Å². The fourth-order valence-corrected chi connectivity index (χ4v) is 2.48. The van der Waals surface area contributed by atoms with Crippen LogP contribution < -0.4 is 4.90 Å². The van der Waals surface area contributed by atoms with E-state index in [1.54, 1.807) is 6.07 Å². The molecular weight excluding hydrogens is 264 g/mol. The third kappa shape index (κ3) is 2.82. The van der Waals surface area contributed by atoms with Gasteiger partial charge in [0.05, 0.1) is 6.54 Å². The van der Waals surface area contributed by atoms with E-state index < -0.39 is 5.97 Å². The molecule has 0 bridgehead atoms. The van der Waals surface area contributed by atoms with Crippen molar-refractivity contribution >= 4 is 22.6 Å². The summed E-state index contributed by atoms with van der Waals surface area (Å²) < 4.78 is 0. The van der Waals surface area contributed by atoms with Crippen LogP contribution in [0.2, 0.25) is 0 Å². The lowest BCUT2D eigenvalue weighted by molar-refractivity contribution is 0.0691.